The monoisotopic (exact) mass is 311 g/mol. The second-order valence-electron chi connectivity index (χ2n) is 4.58. The van der Waals surface area contributed by atoms with E-state index in [9.17, 15) is 8.78 Å². The Morgan fingerprint density at radius 2 is 2.00 bits per heavy atom. The molecule has 0 aliphatic heterocycles. The van der Waals surface area contributed by atoms with E-state index in [-0.39, 0.29) is 5.75 Å². The first-order valence-corrected chi connectivity index (χ1v) is 7.10. The summed E-state index contributed by atoms with van der Waals surface area (Å²) in [6.07, 6.45) is 1.04. The summed E-state index contributed by atoms with van der Waals surface area (Å²) in [5, 5.41) is 3.76. The number of nitrogens with one attached hydrogen (secondary N) is 1. The highest BCUT2D eigenvalue weighted by molar-refractivity contribution is 6.31. The standard InChI is InChI=1S/C16H16ClF2NO/c1-2-8-20-10-11-6-7-12(9-13(11)17)21-15-5-3-4-14(18)16(15)19/h3-7,9,20H,2,8,10H2,1H3. The molecule has 1 N–H and O–H groups in total. The first-order chi connectivity index (χ1) is 10.1. The van der Waals surface area contributed by atoms with E-state index >= 15 is 0 Å². The predicted octanol–water partition coefficient (Wildman–Crippen LogP) is 4.91. The molecule has 0 aromatic heterocycles. The molecule has 0 aliphatic carbocycles. The number of ether oxygens (including phenoxy) is 1. The first kappa shape index (κ1) is 15.7. The molecule has 5 heteroatoms. The fraction of sp³-hybridized carbons (Fsp3) is 0.250. The minimum atomic E-state index is -1.01. The van der Waals surface area contributed by atoms with E-state index in [0.717, 1.165) is 24.6 Å². The SMILES string of the molecule is CCCNCc1ccc(Oc2cccc(F)c2F)cc1Cl. The van der Waals surface area contributed by atoms with Crippen LogP contribution in [0.3, 0.4) is 0 Å². The van der Waals surface area contributed by atoms with Gasteiger partial charge in [0.2, 0.25) is 5.82 Å². The van der Waals surface area contributed by atoms with Crippen molar-refractivity contribution in [3.8, 4) is 11.5 Å². The molecule has 0 saturated heterocycles. The van der Waals surface area contributed by atoms with E-state index < -0.39 is 11.6 Å². The summed E-state index contributed by atoms with van der Waals surface area (Å²) in [6, 6.07) is 8.87. The average Bonchev–Trinajstić information content (AvgIpc) is 2.46. The van der Waals surface area contributed by atoms with Gasteiger partial charge in [0.05, 0.1) is 0 Å². The van der Waals surface area contributed by atoms with Crippen LogP contribution in [0, 0.1) is 11.6 Å². The molecule has 0 unspecified atom stereocenters. The van der Waals surface area contributed by atoms with Gasteiger partial charge in [0.1, 0.15) is 5.75 Å². The van der Waals surface area contributed by atoms with Crippen LogP contribution in [0.1, 0.15) is 18.9 Å². The fourth-order valence-corrected chi connectivity index (χ4v) is 2.06. The van der Waals surface area contributed by atoms with Crippen LogP contribution in [-0.2, 0) is 6.54 Å². The lowest BCUT2D eigenvalue weighted by Gasteiger charge is -2.10. The van der Waals surface area contributed by atoms with Crippen molar-refractivity contribution >= 4 is 11.6 Å². The summed E-state index contributed by atoms with van der Waals surface area (Å²) in [6.45, 7) is 3.64. The highest BCUT2D eigenvalue weighted by Gasteiger charge is 2.10. The van der Waals surface area contributed by atoms with Crippen molar-refractivity contribution in [2.75, 3.05) is 6.54 Å². The quantitative estimate of drug-likeness (QED) is 0.765. The van der Waals surface area contributed by atoms with Crippen LogP contribution < -0.4 is 10.1 Å². The molecule has 0 atom stereocenters. The molecule has 0 fully saturated rings. The molecule has 0 aliphatic rings. The summed E-state index contributed by atoms with van der Waals surface area (Å²) < 4.78 is 32.0. The van der Waals surface area contributed by atoms with Crippen molar-refractivity contribution in [2.24, 2.45) is 0 Å². The maximum absolute atomic E-state index is 13.5. The Bertz CT molecular complexity index is 619. The summed E-state index contributed by atoms with van der Waals surface area (Å²) in [5.41, 5.74) is 0.928. The summed E-state index contributed by atoms with van der Waals surface area (Å²) >= 11 is 6.16. The van der Waals surface area contributed by atoms with Gasteiger partial charge in [-0.1, -0.05) is 30.7 Å². The number of hydrogen-bond acceptors (Lipinski definition) is 2. The molecule has 2 nitrogen and oxygen atoms in total. The molecular weight excluding hydrogens is 296 g/mol. The van der Waals surface area contributed by atoms with Crippen LogP contribution in [0.15, 0.2) is 36.4 Å². The van der Waals surface area contributed by atoms with Crippen molar-refractivity contribution in [1.29, 1.82) is 0 Å². The van der Waals surface area contributed by atoms with Gasteiger partial charge >= 0.3 is 0 Å². The van der Waals surface area contributed by atoms with Crippen molar-refractivity contribution < 1.29 is 13.5 Å². The number of halogens is 3. The van der Waals surface area contributed by atoms with Gasteiger partial charge < -0.3 is 10.1 Å². The van der Waals surface area contributed by atoms with Gasteiger partial charge in [-0.15, -0.1) is 0 Å². The van der Waals surface area contributed by atoms with Gasteiger partial charge in [-0.25, -0.2) is 4.39 Å². The van der Waals surface area contributed by atoms with E-state index in [1.165, 1.54) is 12.1 Å². The van der Waals surface area contributed by atoms with Crippen LogP contribution in [0.25, 0.3) is 0 Å². The molecule has 0 amide bonds. The Hall–Kier alpha value is -1.65. The zero-order valence-electron chi connectivity index (χ0n) is 11.6. The second-order valence-corrected chi connectivity index (χ2v) is 4.99. The summed E-state index contributed by atoms with van der Waals surface area (Å²) in [7, 11) is 0. The normalized spacial score (nSPS) is 10.7. The molecule has 21 heavy (non-hydrogen) atoms. The van der Waals surface area contributed by atoms with Crippen molar-refractivity contribution in [1.82, 2.24) is 5.32 Å². The Balaban J connectivity index is 2.11. The van der Waals surface area contributed by atoms with Crippen molar-refractivity contribution in [2.45, 2.75) is 19.9 Å². The van der Waals surface area contributed by atoms with Crippen LogP contribution in [-0.4, -0.2) is 6.54 Å². The van der Waals surface area contributed by atoms with Gasteiger partial charge in [0.25, 0.3) is 0 Å². The van der Waals surface area contributed by atoms with Gasteiger partial charge in [-0.05, 0) is 42.8 Å². The second kappa shape index (κ2) is 7.38. The maximum atomic E-state index is 13.5. The third-order valence-electron chi connectivity index (χ3n) is 2.91. The molecule has 0 radical (unpaired) electrons. The van der Waals surface area contributed by atoms with Gasteiger partial charge in [0.15, 0.2) is 11.6 Å². The molecule has 0 spiro atoms. The lowest BCUT2D eigenvalue weighted by atomic mass is 10.2. The smallest absolute Gasteiger partial charge is 0.201 e. The lowest BCUT2D eigenvalue weighted by molar-refractivity contribution is 0.416. The number of rotatable bonds is 6. The largest absolute Gasteiger partial charge is 0.454 e. The van der Waals surface area contributed by atoms with Gasteiger partial charge in [-0.2, -0.15) is 4.39 Å². The molecule has 2 aromatic rings. The van der Waals surface area contributed by atoms with E-state index in [2.05, 4.69) is 12.2 Å². The Kier molecular flexibility index (Phi) is 5.53. The Morgan fingerprint density at radius 3 is 2.71 bits per heavy atom. The Morgan fingerprint density at radius 1 is 1.19 bits per heavy atom. The van der Waals surface area contributed by atoms with Crippen LogP contribution in [0.2, 0.25) is 5.02 Å². The topological polar surface area (TPSA) is 21.3 Å². The zero-order chi connectivity index (χ0) is 15.2. The minimum Gasteiger partial charge on any atom is -0.454 e. The zero-order valence-corrected chi connectivity index (χ0v) is 12.4. The molecule has 0 bridgehead atoms. The molecule has 112 valence electrons. The van der Waals surface area contributed by atoms with Crippen LogP contribution >= 0.6 is 11.6 Å². The lowest BCUT2D eigenvalue weighted by Crippen LogP contribution is -2.13. The van der Waals surface area contributed by atoms with E-state index in [0.29, 0.717) is 17.3 Å². The molecule has 2 rings (SSSR count). The highest BCUT2D eigenvalue weighted by Crippen LogP contribution is 2.29. The van der Waals surface area contributed by atoms with Crippen molar-refractivity contribution in [3.05, 3.63) is 58.6 Å². The molecule has 2 aromatic carbocycles. The van der Waals surface area contributed by atoms with Crippen LogP contribution in [0.4, 0.5) is 8.78 Å². The molecule has 0 heterocycles. The van der Waals surface area contributed by atoms with Crippen molar-refractivity contribution in [3.63, 3.8) is 0 Å². The Labute approximate surface area is 127 Å². The highest BCUT2D eigenvalue weighted by atomic mass is 35.5. The summed E-state index contributed by atoms with van der Waals surface area (Å²) in [5.74, 6) is -1.76. The third kappa shape index (κ3) is 4.16. The maximum Gasteiger partial charge on any atom is 0.201 e. The third-order valence-corrected chi connectivity index (χ3v) is 3.26. The predicted molar refractivity (Wildman–Crippen MR) is 79.9 cm³/mol. The minimum absolute atomic E-state index is 0.164. The van der Waals surface area contributed by atoms with Gasteiger partial charge in [0, 0.05) is 11.6 Å². The van der Waals surface area contributed by atoms with Gasteiger partial charge in [-0.3, -0.25) is 0 Å². The van der Waals surface area contributed by atoms with E-state index in [1.807, 2.05) is 0 Å². The van der Waals surface area contributed by atoms with E-state index in [1.54, 1.807) is 18.2 Å². The molecular formula is C16H16ClF2NO. The fourth-order valence-electron chi connectivity index (χ4n) is 1.82. The average molecular weight is 312 g/mol. The summed E-state index contributed by atoms with van der Waals surface area (Å²) in [4.78, 5) is 0. The van der Waals surface area contributed by atoms with E-state index in [4.69, 9.17) is 16.3 Å². The number of benzene rings is 2. The first-order valence-electron chi connectivity index (χ1n) is 6.73. The van der Waals surface area contributed by atoms with Crippen LogP contribution in [0.5, 0.6) is 11.5 Å². The molecule has 0 saturated carbocycles. The number of hydrogen-bond donors (Lipinski definition) is 1.